The zero-order chi connectivity index (χ0) is 12.7. The Labute approximate surface area is 118 Å². The zero-order valence-corrected chi connectivity index (χ0v) is 6.26. The van der Waals surface area contributed by atoms with Gasteiger partial charge < -0.3 is 30.7 Å². The van der Waals surface area contributed by atoms with Gasteiger partial charge in [0, 0.05) is 0 Å². The van der Waals surface area contributed by atoms with Crippen LogP contribution in [-0.2, 0) is 0 Å². The van der Waals surface area contributed by atoms with E-state index < -0.39 is 0 Å². The van der Waals surface area contributed by atoms with Gasteiger partial charge in [0.15, 0.2) is 1.41 Å². The molecule has 0 aliphatic carbocycles. The van der Waals surface area contributed by atoms with Crippen LogP contribution in [0.2, 0.25) is 8.47 Å². The average Bonchev–Trinajstić information content (AvgIpc) is 2.32. The fourth-order valence-corrected chi connectivity index (χ4v) is 0. The molecule has 0 saturated heterocycles. The number of hydrogen-bond acceptors (Lipinski definition) is 6. The van der Waals surface area contributed by atoms with E-state index >= 15 is 0 Å². The molecule has 0 amide bonds. The minimum atomic E-state index is 0. The third-order valence-electron chi connectivity index (χ3n) is 0. The van der Waals surface area contributed by atoms with Crippen molar-refractivity contribution >= 4 is 0 Å². The van der Waals surface area contributed by atoms with E-state index in [1.165, 1.54) is 0 Å². The Morgan fingerprint density at radius 1 is 0.647 bits per heavy atom. The van der Waals surface area contributed by atoms with Crippen molar-refractivity contribution in [1.82, 2.24) is 30.7 Å². The molecule has 6 nitrogen and oxygen atoms in total. The number of rotatable bonds is 0. The second-order valence-corrected chi connectivity index (χ2v) is 0. The zero-order valence-electron chi connectivity index (χ0n) is 10.0. The van der Waals surface area contributed by atoms with Crippen molar-refractivity contribution in [2.45, 2.75) is 66.8 Å². The smallest absolute Gasteiger partial charge is 0.157 e. The molecule has 0 aliphatic heterocycles. The second kappa shape index (κ2) is 1600. The first kappa shape index (κ1) is 105. The molecule has 0 aromatic rings. The molecule has 0 atom stereocenters. The van der Waals surface area contributed by atoms with Crippen molar-refractivity contribution in [2.24, 2.45) is 5.95 Å². The second-order valence-electron chi connectivity index (χ2n) is 0. The molecule has 0 aromatic heterocycles. The molecule has 0 spiro atoms. The Balaban J connectivity index is -0.00000000169. The summed E-state index contributed by atoms with van der Waals surface area (Å²) in [5, 5.41) is 0. The molecule has 17 N–H and O–H groups in total. The standard InChI is InChI=1S/9CH4.FH2N.5H3N.No/c;;;;;;;;;1-2;;;;;;/h9*1H4;2H2;5*1H3;/i;;;;;;;;;2T;;;;;;/hD5. The Morgan fingerprint density at radius 3 is 0.647 bits per heavy atom. The SMILES string of the molecule is C.C.C.C.C.C.C.C.C.[2H]N.[2H]N.[2H]N.[2H]N.[2H]N.[3H]NF.[No]. The predicted octanol–water partition coefficient (Wildman–Crippen LogP) is 6.36. The molecule has 0 heterocycles. The van der Waals surface area contributed by atoms with Gasteiger partial charge in [0.05, 0.1) is 0 Å². The van der Waals surface area contributed by atoms with E-state index in [1.807, 2.05) is 0 Å². The van der Waals surface area contributed by atoms with Crippen LogP contribution in [-0.4, -0.2) is 0 Å². The van der Waals surface area contributed by atoms with Crippen molar-refractivity contribution in [2.75, 3.05) is 0 Å². The van der Waals surface area contributed by atoms with Gasteiger partial charge in [-0.1, -0.05) is 66.8 Å². The topological polar surface area (TPSA) is 201 Å². The molecule has 0 radical (unpaired) electrons. The molecule has 0 bridgehead atoms. The van der Waals surface area contributed by atoms with E-state index in [9.17, 15) is 4.48 Å². The van der Waals surface area contributed by atoms with Gasteiger partial charge >= 0.3 is 0 Å². The van der Waals surface area contributed by atoms with Crippen LogP contribution in [0.3, 0.4) is 0 Å². The quantitative estimate of drug-likeness (QED) is 0.196. The maximum Gasteiger partial charge on any atom is 0.157 e. The van der Waals surface area contributed by atoms with Gasteiger partial charge in [-0.05, 0) is 0 Å². The molecular weight excluding hydrogens is 470 g/mol. The number of nitrogens with two attached hydrogens (primary N) is 1. The normalized spacial score (nSPS) is 3.18. The van der Waals surface area contributed by atoms with E-state index in [4.69, 9.17) is 8.47 Å². The van der Waals surface area contributed by atoms with Crippen LogP contribution in [0.4, 0.5) is 4.48 Å². The van der Waals surface area contributed by atoms with Crippen LogP contribution in [0.1, 0.15) is 66.8 Å². The molecule has 0 aliphatic rings. The summed E-state index contributed by atoms with van der Waals surface area (Å²) in [6, 6.07) is 0. The summed E-state index contributed by atoms with van der Waals surface area (Å²) in [4.78, 5) is 0. The average molecular weight is 531 g/mol. The molecule has 0 rings (SSSR count). The van der Waals surface area contributed by atoms with Gasteiger partial charge in [-0.2, -0.15) is 5.95 Å². The van der Waals surface area contributed by atoms with Crippen LogP contribution in [0.15, 0.2) is 0 Å². The van der Waals surface area contributed by atoms with Crippen LogP contribution < -0.4 is 36.7 Å². The van der Waals surface area contributed by atoms with E-state index in [0.29, 0.717) is 5.95 Å². The molecule has 0 unspecified atom stereocenters. The van der Waals surface area contributed by atoms with Gasteiger partial charge in [-0.3, -0.25) is 0 Å². The van der Waals surface area contributed by atoms with Crippen LogP contribution in [0.25, 0.3) is 0 Å². The van der Waals surface area contributed by atoms with Crippen molar-refractivity contribution in [3.05, 3.63) is 0 Å². The van der Waals surface area contributed by atoms with Gasteiger partial charge in [-0.15, -0.1) is 4.48 Å². The van der Waals surface area contributed by atoms with Crippen molar-refractivity contribution < 1.29 is 13.0 Å². The Hall–Kier alpha value is -1.31. The van der Waals surface area contributed by atoms with E-state index in [-0.39, 0.29) is 66.8 Å². The fourth-order valence-electron chi connectivity index (χ4n) is 0. The Bertz CT molecular complexity index is 44.5. The Morgan fingerprint density at radius 2 is 0.647 bits per heavy atom. The van der Waals surface area contributed by atoms with Gasteiger partial charge in [-0.25, -0.2) is 0 Å². The minimum absolute atomic E-state index is 0. The summed E-state index contributed by atoms with van der Waals surface area (Å²) in [5.41, 5.74) is 0. The third-order valence-corrected chi connectivity index (χ3v) is 0. The van der Waals surface area contributed by atoms with Crippen molar-refractivity contribution in [3.8, 4) is 0 Å². The molecule has 8 heteroatoms. The van der Waals surface area contributed by atoms with Crippen LogP contribution >= 0.6 is 0 Å². The first-order valence-electron chi connectivity index (χ1n) is 3.58. The number of hydrogen-bond donors (Lipinski definition) is 6. The summed E-state index contributed by atoms with van der Waals surface area (Å²) in [7, 11) is 0. The van der Waals surface area contributed by atoms with E-state index in [2.05, 4.69) is 30.7 Å². The molecule has 17 heavy (non-hydrogen) atoms. The first-order valence-corrected chi connectivity index (χ1v) is 0.189. The van der Waals surface area contributed by atoms with Gasteiger partial charge in [0.2, 0.25) is 0 Å². The fraction of sp³-hybridized carbons (Fsp3) is 1.00. The predicted molar refractivity (Wildman–Crippen MR) is 91.0 cm³/mol. The van der Waals surface area contributed by atoms with Crippen molar-refractivity contribution in [1.29, 1.82) is 0 Å². The van der Waals surface area contributed by atoms with Gasteiger partial charge in [0.1, 0.15) is 7.06 Å². The molecule has 0 aromatic carbocycles. The molecule has 140 valence electrons. The number of halogens is 1. The maximum absolute atomic E-state index is 9.71. The summed E-state index contributed by atoms with van der Waals surface area (Å²) in [6.07, 6.45) is 18.8. The van der Waals surface area contributed by atoms with E-state index in [0.717, 1.165) is 0 Å². The van der Waals surface area contributed by atoms with Crippen LogP contribution in [0.5, 0.6) is 0 Å². The molecule has 0 saturated carbocycles. The first-order chi connectivity index (χ1) is 6.41. The van der Waals surface area contributed by atoms with E-state index in [1.54, 1.807) is 0 Å². The van der Waals surface area contributed by atoms with Gasteiger partial charge in [0.25, 0.3) is 0 Å². The Kier molecular flexibility index (Phi) is 9870. The minimum Gasteiger partial charge on any atom is -0.344 e. The summed E-state index contributed by atoms with van der Waals surface area (Å²) in [5.74, 6) is 0.500. The molecule has 0 fully saturated rings. The maximum atomic E-state index is 9.71. The van der Waals surface area contributed by atoms with Crippen molar-refractivity contribution in [3.63, 3.8) is 0 Å². The summed E-state index contributed by atoms with van der Waals surface area (Å²) in [6.45, 7) is 0. The molecular formula is C9H53FN6No. The summed E-state index contributed by atoms with van der Waals surface area (Å²) >= 11 is 0. The summed E-state index contributed by atoms with van der Waals surface area (Å²) < 4.78 is 41.2. The van der Waals surface area contributed by atoms with Crippen LogP contribution in [0, 0.1) is 0 Å². The third kappa shape index (κ3) is 1380. The largest absolute Gasteiger partial charge is 0.344 e. The monoisotopic (exact) mass is 531 g/mol.